The molecule has 12 heavy (non-hydrogen) atoms. The molecule has 0 aromatic heterocycles. The number of carbonyl (C=O) groups is 1. The minimum Gasteiger partial charge on any atom is -0.380 e. The lowest BCUT2D eigenvalue weighted by Crippen LogP contribution is -2.32. The molecule has 1 saturated carbocycles. The fraction of sp³-hybridized carbons (Fsp3) is 0.700. The van der Waals surface area contributed by atoms with Crippen LogP contribution < -0.4 is 0 Å². The Labute approximate surface area is 71.6 Å². The number of Topliss-reactive ketones (excluding diaryl/α,β-unsaturated/α-hetero) is 1. The summed E-state index contributed by atoms with van der Waals surface area (Å²) in [5.41, 5.74) is 1.50. The molecule has 0 radical (unpaired) electrons. The molecule has 3 rings (SSSR count). The fourth-order valence-corrected chi connectivity index (χ4v) is 2.41. The van der Waals surface area contributed by atoms with Crippen LogP contribution in [0, 0.1) is 17.8 Å². The molecule has 0 amide bonds. The van der Waals surface area contributed by atoms with E-state index >= 15 is 0 Å². The number of ether oxygens (including phenoxy) is 1. The molecule has 2 nitrogen and oxygen atoms in total. The minimum absolute atomic E-state index is 0.306. The molecule has 0 unspecified atom stereocenters. The van der Waals surface area contributed by atoms with E-state index in [1.807, 2.05) is 0 Å². The van der Waals surface area contributed by atoms with Crippen molar-refractivity contribution in [2.24, 2.45) is 17.8 Å². The van der Waals surface area contributed by atoms with Crippen molar-refractivity contribution in [2.45, 2.75) is 12.8 Å². The van der Waals surface area contributed by atoms with Gasteiger partial charge in [-0.25, -0.2) is 0 Å². The fourth-order valence-electron chi connectivity index (χ4n) is 2.41. The maximum atomic E-state index is 11.1. The second-order valence-corrected chi connectivity index (χ2v) is 4.14. The molecule has 1 aliphatic heterocycles. The van der Waals surface area contributed by atoms with Gasteiger partial charge in [0.05, 0.1) is 13.2 Å². The van der Waals surface area contributed by atoms with E-state index in [-0.39, 0.29) is 0 Å². The van der Waals surface area contributed by atoms with Crippen LogP contribution in [0.25, 0.3) is 0 Å². The standard InChI is InChI=1S/C10H12O2/c11-10-3-7-1-6(2-9(7)10)8-4-12-5-8/h2,7-9H,1,3-5H2/t7-,9-/m1/s1. The summed E-state index contributed by atoms with van der Waals surface area (Å²) in [4.78, 5) is 11.1. The first-order valence-corrected chi connectivity index (χ1v) is 4.65. The molecule has 2 heteroatoms. The van der Waals surface area contributed by atoms with Crippen LogP contribution in [0.3, 0.4) is 0 Å². The van der Waals surface area contributed by atoms with Gasteiger partial charge in [-0.05, 0) is 12.3 Å². The van der Waals surface area contributed by atoms with Crippen LogP contribution in [-0.4, -0.2) is 19.0 Å². The van der Waals surface area contributed by atoms with E-state index in [4.69, 9.17) is 4.74 Å². The van der Waals surface area contributed by atoms with E-state index in [1.165, 1.54) is 12.0 Å². The molecule has 0 N–H and O–H groups in total. The van der Waals surface area contributed by atoms with Crippen LogP contribution >= 0.6 is 0 Å². The monoisotopic (exact) mass is 164 g/mol. The summed E-state index contributed by atoms with van der Waals surface area (Å²) < 4.78 is 5.14. The third-order valence-electron chi connectivity index (χ3n) is 3.40. The van der Waals surface area contributed by atoms with E-state index in [9.17, 15) is 4.79 Å². The van der Waals surface area contributed by atoms with Crippen LogP contribution in [0.4, 0.5) is 0 Å². The van der Waals surface area contributed by atoms with Crippen LogP contribution in [0.15, 0.2) is 11.6 Å². The number of ketones is 1. The van der Waals surface area contributed by atoms with Crippen LogP contribution in [-0.2, 0) is 9.53 Å². The number of hydrogen-bond acceptors (Lipinski definition) is 2. The van der Waals surface area contributed by atoms with Crippen molar-refractivity contribution in [3.8, 4) is 0 Å². The minimum atomic E-state index is 0.306. The Morgan fingerprint density at radius 1 is 1.33 bits per heavy atom. The topological polar surface area (TPSA) is 26.3 Å². The second-order valence-electron chi connectivity index (χ2n) is 4.14. The summed E-state index contributed by atoms with van der Waals surface area (Å²) in [7, 11) is 0. The lowest BCUT2D eigenvalue weighted by molar-refractivity contribution is -0.130. The molecule has 3 aliphatic rings. The van der Waals surface area contributed by atoms with Gasteiger partial charge >= 0.3 is 0 Å². The Hall–Kier alpha value is -0.630. The quantitative estimate of drug-likeness (QED) is 0.544. The maximum Gasteiger partial charge on any atom is 0.140 e. The molecule has 1 saturated heterocycles. The molecular formula is C10H12O2. The zero-order valence-corrected chi connectivity index (χ0v) is 6.95. The third-order valence-corrected chi connectivity index (χ3v) is 3.40. The summed E-state index contributed by atoms with van der Waals surface area (Å²) in [5.74, 6) is 2.09. The molecule has 0 spiro atoms. The molecule has 2 atom stereocenters. The van der Waals surface area contributed by atoms with E-state index in [0.717, 1.165) is 19.6 Å². The zero-order valence-electron chi connectivity index (χ0n) is 6.95. The highest BCUT2D eigenvalue weighted by molar-refractivity contribution is 5.90. The van der Waals surface area contributed by atoms with Crippen molar-refractivity contribution < 1.29 is 9.53 Å². The lowest BCUT2D eigenvalue weighted by Gasteiger charge is -2.29. The van der Waals surface area contributed by atoms with Gasteiger partial charge in [0.25, 0.3) is 0 Å². The Bertz CT molecular complexity index is 263. The smallest absolute Gasteiger partial charge is 0.140 e. The second kappa shape index (κ2) is 2.19. The largest absolute Gasteiger partial charge is 0.380 e. The Morgan fingerprint density at radius 2 is 2.17 bits per heavy atom. The molecular weight excluding hydrogens is 152 g/mol. The highest BCUT2D eigenvalue weighted by Gasteiger charge is 2.44. The third kappa shape index (κ3) is 0.761. The maximum absolute atomic E-state index is 11.1. The van der Waals surface area contributed by atoms with Crippen molar-refractivity contribution in [3.63, 3.8) is 0 Å². The number of carbonyl (C=O) groups excluding carboxylic acids is 1. The predicted octanol–water partition coefficient (Wildman–Crippen LogP) is 1.17. The van der Waals surface area contributed by atoms with Crippen molar-refractivity contribution >= 4 is 5.78 Å². The van der Waals surface area contributed by atoms with Crippen molar-refractivity contribution in [3.05, 3.63) is 11.6 Å². The Balaban J connectivity index is 1.77. The highest BCUT2D eigenvalue weighted by Crippen LogP contribution is 2.45. The van der Waals surface area contributed by atoms with E-state index in [2.05, 4.69) is 6.08 Å². The average Bonchev–Trinajstić information content (AvgIpc) is 2.24. The number of fused-ring (bicyclic) bond motifs is 1. The van der Waals surface area contributed by atoms with Gasteiger partial charge in [-0.2, -0.15) is 0 Å². The summed E-state index contributed by atoms with van der Waals surface area (Å²) in [6.07, 6.45) is 4.21. The van der Waals surface area contributed by atoms with Gasteiger partial charge in [0.15, 0.2) is 0 Å². The Morgan fingerprint density at radius 3 is 2.67 bits per heavy atom. The number of rotatable bonds is 1. The van der Waals surface area contributed by atoms with Crippen LogP contribution in [0.1, 0.15) is 12.8 Å². The van der Waals surface area contributed by atoms with Gasteiger partial charge in [-0.1, -0.05) is 11.6 Å². The molecule has 1 heterocycles. The highest BCUT2D eigenvalue weighted by atomic mass is 16.5. The first-order valence-electron chi connectivity index (χ1n) is 4.65. The number of hydrogen-bond donors (Lipinski definition) is 0. The zero-order chi connectivity index (χ0) is 8.13. The van der Waals surface area contributed by atoms with Gasteiger partial charge in [-0.15, -0.1) is 0 Å². The SMILES string of the molecule is O=C1C[C@H]2CC(C3COC3)=C[C@@H]12. The summed E-state index contributed by atoms with van der Waals surface area (Å²) in [5, 5.41) is 0. The van der Waals surface area contributed by atoms with Crippen molar-refractivity contribution in [1.82, 2.24) is 0 Å². The summed E-state index contributed by atoms with van der Waals surface area (Å²) in [6, 6.07) is 0. The van der Waals surface area contributed by atoms with Crippen LogP contribution in [0.5, 0.6) is 0 Å². The molecule has 2 aliphatic carbocycles. The molecule has 64 valence electrons. The van der Waals surface area contributed by atoms with E-state index in [0.29, 0.717) is 23.5 Å². The van der Waals surface area contributed by atoms with E-state index < -0.39 is 0 Å². The summed E-state index contributed by atoms with van der Waals surface area (Å²) >= 11 is 0. The normalized spacial score (nSPS) is 40.0. The molecule has 2 fully saturated rings. The van der Waals surface area contributed by atoms with Crippen molar-refractivity contribution in [1.29, 1.82) is 0 Å². The Kier molecular flexibility index (Phi) is 1.25. The van der Waals surface area contributed by atoms with E-state index in [1.54, 1.807) is 0 Å². The summed E-state index contributed by atoms with van der Waals surface area (Å²) in [6.45, 7) is 1.78. The molecule has 0 bridgehead atoms. The predicted molar refractivity (Wildman–Crippen MR) is 43.6 cm³/mol. The van der Waals surface area contributed by atoms with Gasteiger partial charge in [0, 0.05) is 18.3 Å². The lowest BCUT2D eigenvalue weighted by atomic mass is 9.74. The molecule has 0 aromatic carbocycles. The van der Waals surface area contributed by atoms with Gasteiger partial charge in [0.1, 0.15) is 5.78 Å². The van der Waals surface area contributed by atoms with Gasteiger partial charge in [0.2, 0.25) is 0 Å². The average molecular weight is 164 g/mol. The van der Waals surface area contributed by atoms with Gasteiger partial charge in [-0.3, -0.25) is 4.79 Å². The van der Waals surface area contributed by atoms with Crippen molar-refractivity contribution in [2.75, 3.05) is 13.2 Å². The number of allylic oxidation sites excluding steroid dienone is 1. The van der Waals surface area contributed by atoms with Crippen LogP contribution in [0.2, 0.25) is 0 Å². The van der Waals surface area contributed by atoms with Gasteiger partial charge < -0.3 is 4.74 Å². The first-order chi connectivity index (χ1) is 5.84. The first kappa shape index (κ1) is 6.84. The molecule has 0 aromatic rings.